The van der Waals surface area contributed by atoms with Gasteiger partial charge in [0.2, 0.25) is 0 Å². The molecule has 0 aliphatic carbocycles. The van der Waals surface area contributed by atoms with Crippen LogP contribution in [0.5, 0.6) is 5.75 Å². The summed E-state index contributed by atoms with van der Waals surface area (Å²) in [6, 6.07) is 8.03. The van der Waals surface area contributed by atoms with E-state index in [2.05, 4.69) is 6.08 Å². The second kappa shape index (κ2) is 5.45. The van der Waals surface area contributed by atoms with Gasteiger partial charge in [-0.3, -0.25) is 0 Å². The van der Waals surface area contributed by atoms with Gasteiger partial charge in [0.25, 0.3) is 0 Å². The summed E-state index contributed by atoms with van der Waals surface area (Å²) in [6.07, 6.45) is 4.10. The Labute approximate surface area is 93.1 Å². The summed E-state index contributed by atoms with van der Waals surface area (Å²) in [5, 5.41) is 0. The molecule has 0 unspecified atom stereocenters. The molecule has 1 aliphatic rings. The van der Waals surface area contributed by atoms with Crippen LogP contribution in [0.1, 0.15) is 5.56 Å². The Balaban J connectivity index is 0.000000605. The van der Waals surface area contributed by atoms with Crippen LogP contribution in [0.15, 0.2) is 30.3 Å². The van der Waals surface area contributed by atoms with E-state index >= 15 is 0 Å². The molecule has 0 atom stereocenters. The fourth-order valence-corrected chi connectivity index (χ4v) is 1.06. The molecule has 0 bridgehead atoms. The predicted octanol–water partition coefficient (Wildman–Crippen LogP) is 0.906. The fraction of sp³-hybridized carbons (Fsp3) is 0.111. The molecule has 0 amide bonds. The Hall–Kier alpha value is -0.201. The number of para-hydroxylation sites is 1. The summed E-state index contributed by atoms with van der Waals surface area (Å²) in [4.78, 5) is 0. The zero-order chi connectivity index (χ0) is 6.81. The van der Waals surface area contributed by atoms with Crippen LogP contribution in [-0.2, 0) is 16.8 Å². The molecule has 0 aromatic heterocycles. The SMILES string of the molecule is C1=Cc2ccccc2OC1.[AlH3].[Co]. The van der Waals surface area contributed by atoms with Crippen molar-refractivity contribution < 1.29 is 21.5 Å². The Morgan fingerprint density at radius 3 is 2.67 bits per heavy atom. The van der Waals surface area contributed by atoms with Crippen LogP contribution in [0, 0.1) is 0 Å². The number of ether oxygens (including phenoxy) is 1. The largest absolute Gasteiger partial charge is 0.489 e. The van der Waals surface area contributed by atoms with Gasteiger partial charge >= 0.3 is 0 Å². The van der Waals surface area contributed by atoms with Crippen LogP contribution in [0.2, 0.25) is 0 Å². The Bertz CT molecular complexity index is 273. The van der Waals surface area contributed by atoms with Crippen LogP contribution in [0.4, 0.5) is 0 Å². The molecule has 1 aliphatic heterocycles. The second-order valence-corrected chi connectivity index (χ2v) is 2.25. The first-order valence-corrected chi connectivity index (χ1v) is 3.35. The minimum atomic E-state index is 0. The molecule has 1 aromatic carbocycles. The molecule has 0 spiro atoms. The van der Waals surface area contributed by atoms with Crippen molar-refractivity contribution >= 4 is 23.4 Å². The van der Waals surface area contributed by atoms with E-state index in [1.54, 1.807) is 0 Å². The van der Waals surface area contributed by atoms with Gasteiger partial charge in [-0.2, -0.15) is 0 Å². The average molecular weight is 221 g/mol. The van der Waals surface area contributed by atoms with Gasteiger partial charge in [-0.1, -0.05) is 24.3 Å². The minimum Gasteiger partial charge on any atom is -0.489 e. The van der Waals surface area contributed by atoms with Crippen LogP contribution in [0.3, 0.4) is 0 Å². The molecule has 1 aromatic rings. The third kappa shape index (κ3) is 2.39. The predicted molar refractivity (Wildman–Crippen MR) is 50.9 cm³/mol. The van der Waals surface area contributed by atoms with E-state index in [-0.39, 0.29) is 34.1 Å². The third-order valence-electron chi connectivity index (χ3n) is 1.55. The molecule has 2 rings (SSSR count). The normalized spacial score (nSPS) is 11.7. The molecular formula is C9H11AlCoO. The number of rotatable bonds is 0. The molecule has 3 heteroatoms. The van der Waals surface area contributed by atoms with Crippen LogP contribution in [-0.4, -0.2) is 24.0 Å². The van der Waals surface area contributed by atoms with Crippen molar-refractivity contribution in [1.29, 1.82) is 0 Å². The molecule has 0 N–H and O–H groups in total. The third-order valence-corrected chi connectivity index (χ3v) is 1.55. The van der Waals surface area contributed by atoms with Crippen molar-refractivity contribution in [3.8, 4) is 5.75 Å². The Kier molecular flexibility index (Phi) is 5.35. The monoisotopic (exact) mass is 221 g/mol. The van der Waals surface area contributed by atoms with Crippen molar-refractivity contribution in [2.75, 3.05) is 6.61 Å². The molecule has 1 radical (unpaired) electrons. The Morgan fingerprint density at radius 1 is 1.17 bits per heavy atom. The first kappa shape index (κ1) is 11.8. The molecule has 0 fully saturated rings. The van der Waals surface area contributed by atoms with Gasteiger partial charge in [0.05, 0.1) is 0 Å². The molecule has 0 saturated heterocycles. The van der Waals surface area contributed by atoms with Crippen LogP contribution < -0.4 is 4.74 Å². The standard InChI is InChI=1S/C9H8O.Al.Co.3H/c1-2-6-9-8(4-1)5-3-7-10-9;;;;;/h1-6H,7H2;;;;;. The van der Waals surface area contributed by atoms with E-state index in [1.165, 1.54) is 5.56 Å². The van der Waals surface area contributed by atoms with E-state index in [9.17, 15) is 0 Å². The van der Waals surface area contributed by atoms with Gasteiger partial charge in [0.1, 0.15) is 12.4 Å². The number of hydrogen-bond donors (Lipinski definition) is 0. The van der Waals surface area contributed by atoms with Gasteiger partial charge < -0.3 is 4.74 Å². The number of hydrogen-bond acceptors (Lipinski definition) is 1. The van der Waals surface area contributed by atoms with E-state index < -0.39 is 0 Å². The minimum absolute atomic E-state index is 0. The van der Waals surface area contributed by atoms with Gasteiger partial charge in [-0.05, 0) is 12.1 Å². The quantitative estimate of drug-likeness (QED) is 0.591. The van der Waals surface area contributed by atoms with E-state index in [1.807, 2.05) is 30.3 Å². The second-order valence-electron chi connectivity index (χ2n) is 2.25. The van der Waals surface area contributed by atoms with Crippen LogP contribution in [0.25, 0.3) is 6.08 Å². The van der Waals surface area contributed by atoms with E-state index in [0.29, 0.717) is 6.61 Å². The molecule has 0 saturated carbocycles. The summed E-state index contributed by atoms with van der Waals surface area (Å²) in [5.41, 5.74) is 1.17. The maximum absolute atomic E-state index is 5.34. The van der Waals surface area contributed by atoms with Crippen molar-refractivity contribution in [2.24, 2.45) is 0 Å². The molecular weight excluding hydrogens is 210 g/mol. The summed E-state index contributed by atoms with van der Waals surface area (Å²) < 4.78 is 5.34. The molecule has 1 nitrogen and oxygen atoms in total. The first-order chi connectivity index (χ1) is 4.97. The number of benzene rings is 1. The maximum atomic E-state index is 5.34. The van der Waals surface area contributed by atoms with E-state index in [4.69, 9.17) is 4.74 Å². The van der Waals surface area contributed by atoms with Gasteiger partial charge in [0, 0.05) is 22.3 Å². The van der Waals surface area contributed by atoms with Crippen molar-refractivity contribution in [3.05, 3.63) is 35.9 Å². The maximum Gasteiger partial charge on any atom is 0.187 e. The van der Waals surface area contributed by atoms with Crippen LogP contribution >= 0.6 is 0 Å². The fourth-order valence-electron chi connectivity index (χ4n) is 1.06. The number of fused-ring (bicyclic) bond motifs is 1. The van der Waals surface area contributed by atoms with Crippen molar-refractivity contribution in [2.45, 2.75) is 0 Å². The Morgan fingerprint density at radius 2 is 1.92 bits per heavy atom. The molecule has 65 valence electrons. The smallest absolute Gasteiger partial charge is 0.187 e. The molecule has 1 heterocycles. The van der Waals surface area contributed by atoms with Crippen molar-refractivity contribution in [1.82, 2.24) is 0 Å². The van der Waals surface area contributed by atoms with E-state index in [0.717, 1.165) is 5.75 Å². The topological polar surface area (TPSA) is 9.23 Å². The first-order valence-electron chi connectivity index (χ1n) is 3.35. The van der Waals surface area contributed by atoms with Gasteiger partial charge in [-0.15, -0.1) is 0 Å². The summed E-state index contributed by atoms with van der Waals surface area (Å²) in [5.74, 6) is 0.991. The average Bonchev–Trinajstić information content (AvgIpc) is 2.05. The zero-order valence-corrected chi connectivity index (χ0v) is 6.95. The van der Waals surface area contributed by atoms with Gasteiger partial charge in [-0.25, -0.2) is 0 Å². The summed E-state index contributed by atoms with van der Waals surface area (Å²) >= 11 is 0. The van der Waals surface area contributed by atoms with Gasteiger partial charge in [0.15, 0.2) is 17.4 Å². The zero-order valence-electron chi connectivity index (χ0n) is 5.91. The summed E-state index contributed by atoms with van der Waals surface area (Å²) in [6.45, 7) is 0.705. The summed E-state index contributed by atoms with van der Waals surface area (Å²) in [7, 11) is 0. The molecule has 12 heavy (non-hydrogen) atoms. The van der Waals surface area contributed by atoms with Crippen molar-refractivity contribution in [3.63, 3.8) is 0 Å².